The van der Waals surface area contributed by atoms with Gasteiger partial charge in [0, 0.05) is 35.6 Å². The average Bonchev–Trinajstić information content (AvgIpc) is 2.91. The summed E-state index contributed by atoms with van der Waals surface area (Å²) in [4.78, 5) is 39.4. The standard InChI is InChI=1S/C26H22N2O7S/c29-24(27-18-6-8-19(9-7-18)28-11-13-34-14-12-28)16-35-26(31)17-5-10-21-23(15-17)36(32,33)22-4-2-1-3-20(22)25(21)30/h1-10,15H,11-14,16H2,(H,27,29). The third kappa shape index (κ3) is 4.48. The summed E-state index contributed by atoms with van der Waals surface area (Å²) < 4.78 is 36.5. The van der Waals surface area contributed by atoms with Gasteiger partial charge in [0.05, 0.1) is 28.6 Å². The number of rotatable bonds is 5. The fourth-order valence-electron chi connectivity index (χ4n) is 4.20. The molecular weight excluding hydrogens is 484 g/mol. The molecule has 0 unspecified atom stereocenters. The van der Waals surface area contributed by atoms with Crippen LogP contribution in [-0.2, 0) is 24.1 Å². The highest BCUT2D eigenvalue weighted by atomic mass is 32.2. The van der Waals surface area contributed by atoms with Crippen LogP contribution in [0.25, 0.3) is 0 Å². The zero-order valence-corrected chi connectivity index (χ0v) is 19.9. The Balaban J connectivity index is 1.23. The lowest BCUT2D eigenvalue weighted by Gasteiger charge is -2.28. The van der Waals surface area contributed by atoms with Crippen LogP contribution in [0.1, 0.15) is 26.3 Å². The molecule has 2 aliphatic rings. The number of carbonyl (C=O) groups is 3. The lowest BCUT2D eigenvalue weighted by Crippen LogP contribution is -2.36. The molecule has 1 fully saturated rings. The summed E-state index contributed by atoms with van der Waals surface area (Å²) in [6, 6.07) is 16.9. The number of ether oxygens (including phenoxy) is 2. The maximum atomic E-state index is 13.0. The number of esters is 1. The first kappa shape index (κ1) is 23.7. The van der Waals surface area contributed by atoms with Crippen LogP contribution in [0.2, 0.25) is 0 Å². The van der Waals surface area contributed by atoms with Gasteiger partial charge in [-0.25, -0.2) is 13.2 Å². The van der Waals surface area contributed by atoms with Crippen molar-refractivity contribution < 1.29 is 32.3 Å². The first-order chi connectivity index (χ1) is 17.3. The Morgan fingerprint density at radius 2 is 1.61 bits per heavy atom. The molecule has 0 aliphatic carbocycles. The molecule has 0 atom stereocenters. The predicted molar refractivity (Wildman–Crippen MR) is 130 cm³/mol. The van der Waals surface area contributed by atoms with E-state index in [1.807, 2.05) is 12.1 Å². The van der Waals surface area contributed by atoms with Gasteiger partial charge in [0.25, 0.3) is 5.91 Å². The lowest BCUT2D eigenvalue weighted by molar-refractivity contribution is -0.119. The van der Waals surface area contributed by atoms with Crippen molar-refractivity contribution in [2.24, 2.45) is 0 Å². The number of carbonyl (C=O) groups excluding carboxylic acids is 3. The summed E-state index contributed by atoms with van der Waals surface area (Å²) in [7, 11) is -3.99. The maximum absolute atomic E-state index is 13.0. The molecule has 36 heavy (non-hydrogen) atoms. The number of nitrogens with zero attached hydrogens (tertiary/aromatic N) is 1. The quantitative estimate of drug-likeness (QED) is 0.411. The number of hydrogen-bond donors (Lipinski definition) is 1. The van der Waals surface area contributed by atoms with E-state index >= 15 is 0 Å². The van der Waals surface area contributed by atoms with Gasteiger partial charge in [0.2, 0.25) is 9.84 Å². The van der Waals surface area contributed by atoms with E-state index in [0.717, 1.165) is 24.8 Å². The van der Waals surface area contributed by atoms with Crippen molar-refractivity contribution in [1.82, 2.24) is 0 Å². The van der Waals surface area contributed by atoms with Gasteiger partial charge >= 0.3 is 5.97 Å². The molecule has 1 saturated heterocycles. The van der Waals surface area contributed by atoms with Crippen LogP contribution in [0.15, 0.2) is 76.5 Å². The van der Waals surface area contributed by atoms with E-state index in [9.17, 15) is 22.8 Å². The molecule has 0 spiro atoms. The third-order valence-electron chi connectivity index (χ3n) is 6.03. The van der Waals surface area contributed by atoms with Crippen LogP contribution < -0.4 is 10.2 Å². The van der Waals surface area contributed by atoms with Crippen molar-refractivity contribution in [3.05, 3.63) is 83.4 Å². The van der Waals surface area contributed by atoms with E-state index in [2.05, 4.69) is 10.2 Å². The van der Waals surface area contributed by atoms with E-state index in [0.29, 0.717) is 18.9 Å². The van der Waals surface area contributed by atoms with Crippen LogP contribution in [0.3, 0.4) is 0 Å². The molecule has 1 amide bonds. The molecule has 0 aromatic heterocycles. The van der Waals surface area contributed by atoms with Crippen LogP contribution in [0.4, 0.5) is 11.4 Å². The Kier molecular flexibility index (Phi) is 6.29. The largest absolute Gasteiger partial charge is 0.452 e. The number of amides is 1. The molecule has 9 nitrogen and oxygen atoms in total. The van der Waals surface area contributed by atoms with Gasteiger partial charge in [0.1, 0.15) is 0 Å². The normalized spacial score (nSPS) is 16.0. The zero-order chi connectivity index (χ0) is 25.3. The number of benzene rings is 3. The summed E-state index contributed by atoms with van der Waals surface area (Å²) in [5.41, 5.74) is 1.57. The Labute approximate surface area is 207 Å². The third-order valence-corrected chi connectivity index (χ3v) is 7.89. The second-order valence-corrected chi connectivity index (χ2v) is 10.2. The highest BCUT2D eigenvalue weighted by Gasteiger charge is 2.35. The van der Waals surface area contributed by atoms with Crippen molar-refractivity contribution in [3.63, 3.8) is 0 Å². The molecule has 1 N–H and O–H groups in total. The van der Waals surface area contributed by atoms with E-state index in [1.54, 1.807) is 18.2 Å². The average molecular weight is 507 g/mol. The lowest BCUT2D eigenvalue weighted by atomic mass is 10.0. The second-order valence-electron chi connectivity index (χ2n) is 8.31. The number of anilines is 2. The highest BCUT2D eigenvalue weighted by Crippen LogP contribution is 2.34. The van der Waals surface area contributed by atoms with Gasteiger partial charge < -0.3 is 19.7 Å². The summed E-state index contributed by atoms with van der Waals surface area (Å²) in [5, 5.41) is 2.66. The smallest absolute Gasteiger partial charge is 0.338 e. The maximum Gasteiger partial charge on any atom is 0.338 e. The van der Waals surface area contributed by atoms with Gasteiger partial charge in [0.15, 0.2) is 12.4 Å². The minimum Gasteiger partial charge on any atom is -0.452 e. The Morgan fingerprint density at radius 1 is 0.917 bits per heavy atom. The van der Waals surface area contributed by atoms with E-state index in [-0.39, 0.29) is 26.5 Å². The molecule has 10 heteroatoms. The Hall–Kier alpha value is -4.02. The topological polar surface area (TPSA) is 119 Å². The van der Waals surface area contributed by atoms with Crippen LogP contribution in [-0.4, -0.2) is 59.0 Å². The highest BCUT2D eigenvalue weighted by molar-refractivity contribution is 7.91. The molecule has 3 aromatic rings. The number of ketones is 1. The molecular formula is C26H22N2O7S. The number of hydrogen-bond acceptors (Lipinski definition) is 8. The van der Waals surface area contributed by atoms with Crippen molar-refractivity contribution in [2.75, 3.05) is 43.1 Å². The van der Waals surface area contributed by atoms with Crippen LogP contribution >= 0.6 is 0 Å². The molecule has 0 bridgehead atoms. The molecule has 0 radical (unpaired) electrons. The summed E-state index contributed by atoms with van der Waals surface area (Å²) in [6.45, 7) is 2.38. The van der Waals surface area contributed by atoms with E-state index in [4.69, 9.17) is 9.47 Å². The number of nitrogens with one attached hydrogen (secondary N) is 1. The molecule has 0 saturated carbocycles. The van der Waals surface area contributed by atoms with Gasteiger partial charge in [-0.15, -0.1) is 0 Å². The molecule has 2 aliphatic heterocycles. The summed E-state index contributed by atoms with van der Waals surface area (Å²) >= 11 is 0. The molecule has 3 aromatic carbocycles. The van der Waals surface area contributed by atoms with Crippen molar-refractivity contribution in [2.45, 2.75) is 9.79 Å². The van der Waals surface area contributed by atoms with Gasteiger partial charge in [-0.1, -0.05) is 12.1 Å². The van der Waals surface area contributed by atoms with Crippen molar-refractivity contribution in [1.29, 1.82) is 0 Å². The van der Waals surface area contributed by atoms with Gasteiger partial charge in [-0.05, 0) is 54.6 Å². The Morgan fingerprint density at radius 3 is 2.36 bits per heavy atom. The summed E-state index contributed by atoms with van der Waals surface area (Å²) in [5.74, 6) is -1.86. The monoisotopic (exact) mass is 506 g/mol. The number of fused-ring (bicyclic) bond motifs is 2. The predicted octanol–water partition coefficient (Wildman–Crippen LogP) is 2.70. The van der Waals surface area contributed by atoms with E-state index in [1.165, 1.54) is 30.3 Å². The van der Waals surface area contributed by atoms with Gasteiger partial charge in [-0.3, -0.25) is 9.59 Å². The molecule has 2 heterocycles. The van der Waals surface area contributed by atoms with Crippen LogP contribution in [0, 0.1) is 0 Å². The van der Waals surface area contributed by atoms with Crippen molar-refractivity contribution in [3.8, 4) is 0 Å². The number of morpholine rings is 1. The zero-order valence-electron chi connectivity index (χ0n) is 19.1. The van der Waals surface area contributed by atoms with Gasteiger partial charge in [-0.2, -0.15) is 0 Å². The Bertz CT molecular complexity index is 1460. The summed E-state index contributed by atoms with van der Waals surface area (Å²) in [6.07, 6.45) is 0. The molecule has 184 valence electrons. The van der Waals surface area contributed by atoms with Crippen LogP contribution in [0.5, 0.6) is 0 Å². The second kappa shape index (κ2) is 9.56. The first-order valence-electron chi connectivity index (χ1n) is 11.3. The number of sulfone groups is 1. The minimum absolute atomic E-state index is 0.0106. The molecule has 5 rings (SSSR count). The fraction of sp³-hybridized carbons (Fsp3) is 0.192. The van der Waals surface area contributed by atoms with Crippen molar-refractivity contribution >= 4 is 38.9 Å². The fourth-order valence-corrected chi connectivity index (χ4v) is 5.88. The minimum atomic E-state index is -3.99. The SMILES string of the molecule is O=C(COC(=O)c1ccc2c(c1)S(=O)(=O)c1ccccc1C2=O)Nc1ccc(N2CCOCC2)cc1. The first-order valence-corrected chi connectivity index (χ1v) is 12.8. The van der Waals surface area contributed by atoms with E-state index < -0.39 is 34.1 Å².